The molecule has 6 N–H and O–H groups in total. The van der Waals surface area contributed by atoms with Crippen LogP contribution in [0.25, 0.3) is 0 Å². The molecule has 3 aromatic carbocycles. The molecular formula is C37H50ClN3O7S2. The number of amides is 2. The molecule has 13 heteroatoms. The Morgan fingerprint density at radius 3 is 1.56 bits per heavy atom. The second-order valence-electron chi connectivity index (χ2n) is 14.1. The molecule has 0 radical (unpaired) electrons. The van der Waals surface area contributed by atoms with Crippen LogP contribution in [0.5, 0.6) is 0 Å². The van der Waals surface area contributed by atoms with Crippen molar-refractivity contribution in [3.63, 3.8) is 0 Å². The van der Waals surface area contributed by atoms with Crippen LogP contribution in [0, 0.1) is 0 Å². The van der Waals surface area contributed by atoms with E-state index >= 15 is 0 Å². The molecule has 0 bridgehead atoms. The van der Waals surface area contributed by atoms with E-state index in [2.05, 4.69) is 10.0 Å². The Bertz CT molecular complexity index is 1860. The van der Waals surface area contributed by atoms with Crippen LogP contribution in [-0.2, 0) is 31.2 Å². The quantitative estimate of drug-likeness (QED) is 0.157. The molecule has 2 amide bonds. The third-order valence-electron chi connectivity index (χ3n) is 9.62. The first-order valence-electron chi connectivity index (χ1n) is 17.2. The third-order valence-corrected chi connectivity index (χ3v) is 12.1. The summed E-state index contributed by atoms with van der Waals surface area (Å²) in [4.78, 5) is 12.8. The van der Waals surface area contributed by atoms with Crippen LogP contribution < -0.4 is 15.2 Å². The van der Waals surface area contributed by atoms with Crippen molar-refractivity contribution in [2.45, 2.75) is 125 Å². The first-order valence-corrected chi connectivity index (χ1v) is 20.6. The molecular weight excluding hydrogens is 698 g/mol. The monoisotopic (exact) mass is 747 g/mol. The van der Waals surface area contributed by atoms with Gasteiger partial charge in [0.05, 0.1) is 21.0 Å². The molecule has 0 unspecified atom stereocenters. The van der Waals surface area contributed by atoms with Crippen molar-refractivity contribution in [3.8, 4) is 0 Å². The van der Waals surface area contributed by atoms with Crippen molar-refractivity contribution in [1.82, 2.24) is 4.72 Å². The number of hydrogen-bond donors (Lipinski definition) is 5. The first-order chi connectivity index (χ1) is 23.3. The minimum Gasteiger partial charge on any atom is -0.385 e. The fourth-order valence-electron chi connectivity index (χ4n) is 6.79. The van der Waals surface area contributed by atoms with E-state index in [1.807, 2.05) is 27.7 Å². The average Bonchev–Trinajstić information content (AvgIpc) is 3.05. The number of primary sulfonamides is 1. The molecule has 0 atom stereocenters. The van der Waals surface area contributed by atoms with Gasteiger partial charge in [0.2, 0.25) is 10.0 Å². The van der Waals surface area contributed by atoms with Crippen LogP contribution in [0.2, 0.25) is 5.02 Å². The predicted molar refractivity (Wildman–Crippen MR) is 197 cm³/mol. The van der Waals surface area contributed by atoms with Gasteiger partial charge >= 0.3 is 6.03 Å². The molecule has 2 saturated carbocycles. The zero-order valence-corrected chi connectivity index (χ0v) is 31.6. The zero-order valence-electron chi connectivity index (χ0n) is 29.2. The Morgan fingerprint density at radius 2 is 1.14 bits per heavy atom. The van der Waals surface area contributed by atoms with E-state index in [1.54, 1.807) is 36.4 Å². The van der Waals surface area contributed by atoms with Crippen LogP contribution in [0.15, 0.2) is 70.5 Å². The van der Waals surface area contributed by atoms with E-state index in [4.69, 9.17) is 16.7 Å². The fourth-order valence-corrected chi connectivity index (χ4v) is 8.54. The van der Waals surface area contributed by atoms with E-state index < -0.39 is 37.3 Å². The lowest BCUT2D eigenvalue weighted by atomic mass is 9.80. The van der Waals surface area contributed by atoms with Crippen LogP contribution in [0.3, 0.4) is 0 Å². The van der Waals surface area contributed by atoms with Crippen LogP contribution in [0.4, 0.5) is 10.5 Å². The maximum atomic E-state index is 13.0. The van der Waals surface area contributed by atoms with Gasteiger partial charge in [-0.3, -0.25) is 0 Å². The summed E-state index contributed by atoms with van der Waals surface area (Å²) in [6.45, 7) is 7.93. The van der Waals surface area contributed by atoms with Crippen LogP contribution >= 0.6 is 11.6 Å². The number of carbonyl (C=O) groups is 1. The van der Waals surface area contributed by atoms with E-state index in [0.717, 1.165) is 49.7 Å². The number of urea groups is 1. The molecule has 3 aromatic rings. The van der Waals surface area contributed by atoms with Crippen molar-refractivity contribution < 1.29 is 31.8 Å². The Morgan fingerprint density at radius 1 is 0.720 bits per heavy atom. The van der Waals surface area contributed by atoms with Gasteiger partial charge in [0.25, 0.3) is 10.0 Å². The molecule has 274 valence electrons. The number of anilines is 1. The molecule has 50 heavy (non-hydrogen) atoms. The highest BCUT2D eigenvalue weighted by molar-refractivity contribution is 7.90. The number of hydrogen-bond acceptors (Lipinski definition) is 7. The van der Waals surface area contributed by atoms with Gasteiger partial charge in [-0.15, -0.1) is 0 Å². The molecule has 0 aromatic heterocycles. The zero-order chi connectivity index (χ0) is 36.9. The number of rotatable bonds is 8. The van der Waals surface area contributed by atoms with Gasteiger partial charge in [-0.05, 0) is 96.2 Å². The fraction of sp³-hybridized carbons (Fsp3) is 0.486. The van der Waals surface area contributed by atoms with E-state index in [1.165, 1.54) is 24.3 Å². The number of aliphatic hydroxyl groups is 2. The second kappa shape index (κ2) is 16.1. The molecule has 2 fully saturated rings. The van der Waals surface area contributed by atoms with Crippen molar-refractivity contribution in [2.75, 3.05) is 5.32 Å². The lowest BCUT2D eigenvalue weighted by Crippen LogP contribution is -2.35. The van der Waals surface area contributed by atoms with E-state index in [0.29, 0.717) is 47.5 Å². The predicted octanol–water partition coefficient (Wildman–Crippen LogP) is 7.73. The SMILES string of the molecule is CC(C)c1cc(Cl)cc(C(C)C)c1NC(=O)NS(=O)(=O)c1cccc(C2(O)CCCCC2)c1.NS(=O)(=O)c1cccc(C2(O)CCCCC2)c1. The maximum Gasteiger partial charge on any atom is 0.333 e. The van der Waals surface area contributed by atoms with Gasteiger partial charge in [-0.1, -0.05) is 102 Å². The summed E-state index contributed by atoms with van der Waals surface area (Å²) in [6.07, 6.45) is 8.46. The van der Waals surface area contributed by atoms with E-state index in [-0.39, 0.29) is 21.6 Å². The van der Waals surface area contributed by atoms with Crippen molar-refractivity contribution in [3.05, 3.63) is 87.9 Å². The van der Waals surface area contributed by atoms with Crippen molar-refractivity contribution >= 4 is 43.4 Å². The number of sulfonamides is 2. The number of benzene rings is 3. The second-order valence-corrected chi connectivity index (χ2v) is 17.8. The summed E-state index contributed by atoms with van der Waals surface area (Å²) >= 11 is 6.28. The van der Waals surface area contributed by atoms with Crippen molar-refractivity contribution in [1.29, 1.82) is 0 Å². The molecule has 0 saturated heterocycles. The number of carbonyl (C=O) groups excluding carboxylic acids is 1. The minimum absolute atomic E-state index is 0.0570. The molecule has 5 rings (SSSR count). The minimum atomic E-state index is -4.14. The standard InChI is InChI=1S/C25H33ClN2O4S.C12H17NO3S/c1-16(2)21-14-19(26)15-22(17(3)4)23(21)27-24(29)28-33(31,32)20-10-8-9-18(13-20)25(30)11-6-5-7-12-25;13-17(15,16)11-6-4-5-10(9-11)12(14)7-2-1-3-8-12/h8-10,13-17,30H,5-7,11-12H2,1-4H3,(H2,27,28,29);4-6,9,14H,1-3,7-8H2,(H2,13,15,16). The van der Waals surface area contributed by atoms with Gasteiger partial charge in [0.15, 0.2) is 0 Å². The Labute approximate surface area is 301 Å². The maximum absolute atomic E-state index is 13.0. The molecule has 0 spiro atoms. The molecule has 10 nitrogen and oxygen atoms in total. The largest absolute Gasteiger partial charge is 0.385 e. The highest BCUT2D eigenvalue weighted by Gasteiger charge is 2.33. The summed E-state index contributed by atoms with van der Waals surface area (Å²) in [6, 6.07) is 15.3. The summed E-state index contributed by atoms with van der Waals surface area (Å²) in [7, 11) is -7.84. The summed E-state index contributed by atoms with van der Waals surface area (Å²) in [5, 5.41) is 29.9. The Balaban J connectivity index is 0.000000276. The highest BCUT2D eigenvalue weighted by atomic mass is 35.5. The van der Waals surface area contributed by atoms with Gasteiger partial charge in [0.1, 0.15) is 0 Å². The summed E-state index contributed by atoms with van der Waals surface area (Å²) < 4.78 is 50.6. The van der Waals surface area contributed by atoms with E-state index in [9.17, 15) is 31.8 Å². The Hall–Kier alpha value is -3.00. The van der Waals surface area contributed by atoms with Gasteiger partial charge < -0.3 is 15.5 Å². The third kappa shape index (κ3) is 9.86. The van der Waals surface area contributed by atoms with Crippen LogP contribution in [-0.4, -0.2) is 33.1 Å². The summed E-state index contributed by atoms with van der Waals surface area (Å²) in [5.41, 5.74) is 1.53. The molecule has 0 aliphatic heterocycles. The molecule has 2 aliphatic rings. The first kappa shape index (κ1) is 39.8. The van der Waals surface area contributed by atoms with Gasteiger partial charge in [-0.25, -0.2) is 31.5 Å². The van der Waals surface area contributed by atoms with Gasteiger partial charge in [0, 0.05) is 10.7 Å². The van der Waals surface area contributed by atoms with Crippen molar-refractivity contribution in [2.24, 2.45) is 5.14 Å². The normalized spacial score (nSPS) is 17.5. The summed E-state index contributed by atoms with van der Waals surface area (Å²) in [5.74, 6) is 0.141. The Kier molecular flexibility index (Phi) is 12.8. The lowest BCUT2D eigenvalue weighted by Gasteiger charge is -2.32. The lowest BCUT2D eigenvalue weighted by molar-refractivity contribution is -0.00116. The number of nitrogens with one attached hydrogen (secondary N) is 2. The molecule has 2 aliphatic carbocycles. The highest BCUT2D eigenvalue weighted by Crippen LogP contribution is 2.39. The topological polar surface area (TPSA) is 176 Å². The number of nitrogens with two attached hydrogens (primary N) is 1. The van der Waals surface area contributed by atoms with Gasteiger partial charge in [-0.2, -0.15) is 0 Å². The smallest absolute Gasteiger partial charge is 0.333 e. The molecule has 0 heterocycles. The number of halogens is 1. The average molecular weight is 748 g/mol. The van der Waals surface area contributed by atoms with Crippen LogP contribution in [0.1, 0.15) is 126 Å².